The molecule has 0 N–H and O–H groups in total. The number of aromatic nitrogens is 5. The van der Waals surface area contributed by atoms with Crippen LogP contribution in [0.1, 0.15) is 34.6 Å². The molecule has 0 bridgehead atoms. The van der Waals surface area contributed by atoms with E-state index in [1.54, 1.807) is 4.68 Å². The van der Waals surface area contributed by atoms with Crippen LogP contribution in [0.5, 0.6) is 0 Å². The zero-order valence-corrected chi connectivity index (χ0v) is 18.2. The van der Waals surface area contributed by atoms with Crippen molar-refractivity contribution in [1.29, 1.82) is 0 Å². The molecular formula is C24H25N5O3. The van der Waals surface area contributed by atoms with E-state index in [0.717, 1.165) is 43.1 Å². The Morgan fingerprint density at radius 3 is 2.78 bits per heavy atom. The van der Waals surface area contributed by atoms with E-state index in [4.69, 9.17) is 4.74 Å². The van der Waals surface area contributed by atoms with Crippen molar-refractivity contribution in [3.05, 3.63) is 76.2 Å². The van der Waals surface area contributed by atoms with E-state index in [0.29, 0.717) is 16.6 Å². The van der Waals surface area contributed by atoms with Gasteiger partial charge in [-0.25, -0.2) is 9.67 Å². The van der Waals surface area contributed by atoms with Gasteiger partial charge in [0.05, 0.1) is 24.5 Å². The average molecular weight is 431 g/mol. The van der Waals surface area contributed by atoms with Gasteiger partial charge in [0.15, 0.2) is 11.4 Å². The van der Waals surface area contributed by atoms with Gasteiger partial charge in [0.25, 0.3) is 5.56 Å². The fraction of sp³-hybridized carbons (Fsp3) is 0.333. The number of hydrogen-bond donors (Lipinski definition) is 0. The Labute approximate surface area is 185 Å². The number of Topliss-reactive ketones (excluding diaryl/α,β-unsaturated/α-hetero) is 1. The number of nitrogens with zero attached hydrogens (tertiary/aromatic N) is 5. The van der Waals surface area contributed by atoms with Crippen molar-refractivity contribution in [3.8, 4) is 5.69 Å². The molecule has 32 heavy (non-hydrogen) atoms. The van der Waals surface area contributed by atoms with Gasteiger partial charge in [-0.2, -0.15) is 5.10 Å². The second-order valence-electron chi connectivity index (χ2n) is 8.26. The van der Waals surface area contributed by atoms with Crippen LogP contribution in [0.25, 0.3) is 16.7 Å². The highest BCUT2D eigenvalue weighted by Gasteiger charge is 2.22. The molecule has 1 aliphatic heterocycles. The normalized spacial score (nSPS) is 16.1. The molecule has 4 heterocycles. The van der Waals surface area contributed by atoms with Crippen molar-refractivity contribution in [2.45, 2.75) is 45.9 Å². The van der Waals surface area contributed by atoms with Gasteiger partial charge in [0.2, 0.25) is 0 Å². The predicted molar refractivity (Wildman–Crippen MR) is 120 cm³/mol. The van der Waals surface area contributed by atoms with Crippen molar-refractivity contribution in [2.24, 2.45) is 0 Å². The molecule has 0 spiro atoms. The lowest BCUT2D eigenvalue weighted by molar-refractivity contribution is 0.0948. The molecule has 1 aromatic carbocycles. The van der Waals surface area contributed by atoms with Crippen LogP contribution in [-0.4, -0.2) is 42.4 Å². The first kappa shape index (κ1) is 20.4. The first-order valence-corrected chi connectivity index (χ1v) is 10.8. The second-order valence-corrected chi connectivity index (χ2v) is 8.26. The Morgan fingerprint density at radius 1 is 1.22 bits per heavy atom. The van der Waals surface area contributed by atoms with Crippen LogP contribution >= 0.6 is 0 Å². The lowest BCUT2D eigenvalue weighted by Crippen LogP contribution is -2.25. The summed E-state index contributed by atoms with van der Waals surface area (Å²) < 4.78 is 10.9. The van der Waals surface area contributed by atoms with Gasteiger partial charge < -0.3 is 9.30 Å². The molecule has 0 unspecified atom stereocenters. The molecule has 5 rings (SSSR count). The number of aryl methyl sites for hydroxylation is 1. The molecule has 3 aromatic heterocycles. The van der Waals surface area contributed by atoms with Crippen molar-refractivity contribution in [2.75, 3.05) is 6.61 Å². The number of ketones is 1. The molecule has 1 atom stereocenters. The van der Waals surface area contributed by atoms with E-state index in [1.807, 2.05) is 50.2 Å². The number of para-hydroxylation sites is 1. The quantitative estimate of drug-likeness (QED) is 0.438. The highest BCUT2D eigenvalue weighted by molar-refractivity contribution is 5.97. The third kappa shape index (κ3) is 3.56. The van der Waals surface area contributed by atoms with Crippen LogP contribution in [0, 0.1) is 13.8 Å². The van der Waals surface area contributed by atoms with Gasteiger partial charge >= 0.3 is 0 Å². The fourth-order valence-corrected chi connectivity index (χ4v) is 4.42. The Balaban J connectivity index is 1.42. The molecule has 0 saturated carbocycles. The maximum absolute atomic E-state index is 13.1. The zero-order chi connectivity index (χ0) is 22.2. The zero-order valence-electron chi connectivity index (χ0n) is 18.2. The first-order chi connectivity index (χ1) is 15.5. The highest BCUT2D eigenvalue weighted by Crippen LogP contribution is 2.21. The van der Waals surface area contributed by atoms with Crippen molar-refractivity contribution < 1.29 is 9.53 Å². The number of rotatable bonds is 6. The van der Waals surface area contributed by atoms with E-state index < -0.39 is 0 Å². The Bertz CT molecular complexity index is 1340. The molecule has 0 radical (unpaired) electrons. The Kier molecular flexibility index (Phi) is 5.22. The number of carbonyl (C=O) groups is 1. The molecular weight excluding hydrogens is 406 g/mol. The number of benzene rings is 1. The molecule has 1 aliphatic rings. The summed E-state index contributed by atoms with van der Waals surface area (Å²) in [5.41, 5.74) is 3.57. The maximum Gasteiger partial charge on any atom is 0.264 e. The van der Waals surface area contributed by atoms with Gasteiger partial charge in [0, 0.05) is 30.1 Å². The third-order valence-corrected chi connectivity index (χ3v) is 6.15. The lowest BCUT2D eigenvalue weighted by Gasteiger charge is -2.14. The Morgan fingerprint density at radius 2 is 2.03 bits per heavy atom. The smallest absolute Gasteiger partial charge is 0.264 e. The number of ether oxygens (including phenoxy) is 1. The lowest BCUT2D eigenvalue weighted by atomic mass is 10.1. The molecule has 1 saturated heterocycles. The van der Waals surface area contributed by atoms with Gasteiger partial charge in [-0.3, -0.25) is 14.2 Å². The number of fused-ring (bicyclic) bond motifs is 1. The van der Waals surface area contributed by atoms with Crippen LogP contribution in [0.4, 0.5) is 0 Å². The van der Waals surface area contributed by atoms with E-state index >= 15 is 0 Å². The molecule has 8 nitrogen and oxygen atoms in total. The summed E-state index contributed by atoms with van der Waals surface area (Å²) in [5, 5.41) is 4.71. The number of carbonyl (C=O) groups excluding carboxylic acids is 1. The van der Waals surface area contributed by atoms with Gasteiger partial charge in [0.1, 0.15) is 11.7 Å². The van der Waals surface area contributed by atoms with E-state index in [-0.39, 0.29) is 24.0 Å². The van der Waals surface area contributed by atoms with Crippen LogP contribution in [0.3, 0.4) is 0 Å². The SMILES string of the molecule is Cc1cc(C(=O)Cn2cnc3c(cnn3-c3ccccc3)c2=O)c(C)n1C[C@H]1CCCO1. The summed E-state index contributed by atoms with van der Waals surface area (Å²) in [6.07, 6.45) is 5.24. The second kappa shape index (κ2) is 8.20. The molecule has 4 aromatic rings. The average Bonchev–Trinajstić information content (AvgIpc) is 3.53. The topological polar surface area (TPSA) is 83.9 Å². The maximum atomic E-state index is 13.1. The van der Waals surface area contributed by atoms with Crippen molar-refractivity contribution in [3.63, 3.8) is 0 Å². The summed E-state index contributed by atoms with van der Waals surface area (Å²) >= 11 is 0. The minimum absolute atomic E-state index is 0.0670. The summed E-state index contributed by atoms with van der Waals surface area (Å²) in [7, 11) is 0. The molecule has 0 amide bonds. The van der Waals surface area contributed by atoms with Gasteiger partial charge in [-0.15, -0.1) is 0 Å². The first-order valence-electron chi connectivity index (χ1n) is 10.8. The number of hydrogen-bond acceptors (Lipinski definition) is 5. The largest absolute Gasteiger partial charge is 0.376 e. The van der Waals surface area contributed by atoms with Crippen LogP contribution in [-0.2, 0) is 17.8 Å². The van der Waals surface area contributed by atoms with Crippen molar-refractivity contribution >= 4 is 16.8 Å². The van der Waals surface area contributed by atoms with Gasteiger partial charge in [-0.1, -0.05) is 18.2 Å². The van der Waals surface area contributed by atoms with Crippen LogP contribution < -0.4 is 5.56 Å². The molecule has 0 aliphatic carbocycles. The molecule has 164 valence electrons. The van der Waals surface area contributed by atoms with Crippen LogP contribution in [0.15, 0.2) is 53.7 Å². The van der Waals surface area contributed by atoms with Crippen LogP contribution in [0.2, 0.25) is 0 Å². The van der Waals surface area contributed by atoms with E-state index in [1.165, 1.54) is 17.1 Å². The van der Waals surface area contributed by atoms with Crippen molar-refractivity contribution in [1.82, 2.24) is 23.9 Å². The minimum Gasteiger partial charge on any atom is -0.376 e. The summed E-state index contributed by atoms with van der Waals surface area (Å²) in [4.78, 5) is 30.6. The third-order valence-electron chi connectivity index (χ3n) is 6.15. The predicted octanol–water partition coefficient (Wildman–Crippen LogP) is 3.06. The monoisotopic (exact) mass is 431 g/mol. The standard InChI is InChI=1S/C24H25N5O3/c1-16-11-20(17(2)28(16)13-19-9-6-10-32-19)22(30)14-27-15-25-23-21(24(27)31)12-26-29(23)18-7-4-3-5-8-18/h3-5,7-8,11-12,15,19H,6,9-10,13-14H2,1-2H3/t19-/m1/s1. The highest BCUT2D eigenvalue weighted by atomic mass is 16.5. The molecule has 1 fully saturated rings. The summed E-state index contributed by atoms with van der Waals surface area (Å²) in [6.45, 7) is 5.43. The Hall–Kier alpha value is -3.52. The minimum atomic E-state index is -0.279. The van der Waals surface area contributed by atoms with E-state index in [2.05, 4.69) is 14.6 Å². The van der Waals surface area contributed by atoms with Gasteiger partial charge in [-0.05, 0) is 44.9 Å². The fourth-order valence-electron chi connectivity index (χ4n) is 4.42. The summed E-state index contributed by atoms with van der Waals surface area (Å²) in [6, 6.07) is 11.4. The van der Waals surface area contributed by atoms with E-state index in [9.17, 15) is 9.59 Å². The molecule has 8 heteroatoms. The summed E-state index contributed by atoms with van der Waals surface area (Å²) in [5.74, 6) is -0.115.